The second-order valence-electron chi connectivity index (χ2n) is 8.05. The average molecular weight is 530 g/mol. The number of thioether (sulfide) groups is 1. The smallest absolute Gasteiger partial charge is 0.371 e. The van der Waals surface area contributed by atoms with Crippen LogP contribution >= 0.6 is 23.1 Å². The molecular weight excluding hydrogens is 506 g/mol. The van der Waals surface area contributed by atoms with Crippen molar-refractivity contribution in [2.24, 2.45) is 5.16 Å². The first-order chi connectivity index (χ1) is 16.5. The summed E-state index contributed by atoms with van der Waals surface area (Å²) in [6, 6.07) is -1.81. The van der Waals surface area contributed by atoms with Gasteiger partial charge in [-0.05, 0) is 13.8 Å². The maximum absolute atomic E-state index is 13.0. The van der Waals surface area contributed by atoms with E-state index in [1.54, 1.807) is 0 Å². The minimum absolute atomic E-state index is 0.0742. The highest BCUT2D eigenvalue weighted by atomic mass is 32.2. The molecule has 0 aliphatic carbocycles. The number of nitrogens with zero attached hydrogens (tertiary/aromatic N) is 3. The Balaban J connectivity index is 0.00000167. The molecule has 4 rings (SSSR count). The van der Waals surface area contributed by atoms with E-state index in [0.29, 0.717) is 6.29 Å². The van der Waals surface area contributed by atoms with Crippen LogP contribution in [0.3, 0.4) is 0 Å². The molecule has 14 nitrogen and oxygen atoms in total. The zero-order chi connectivity index (χ0) is 26.1. The molecule has 1 aromatic rings. The van der Waals surface area contributed by atoms with Gasteiger partial charge in [0.25, 0.3) is 17.5 Å². The largest absolute Gasteiger partial charge is 0.477 e. The first-order valence-electron chi connectivity index (χ1n) is 10.1. The second kappa shape index (κ2) is 9.79. The molecule has 3 aliphatic heterocycles. The van der Waals surface area contributed by atoms with Crippen molar-refractivity contribution in [3.8, 4) is 0 Å². The van der Waals surface area contributed by atoms with Crippen molar-refractivity contribution < 1.29 is 43.8 Å². The lowest BCUT2D eigenvalue weighted by Crippen LogP contribution is -2.82. The van der Waals surface area contributed by atoms with E-state index in [1.165, 1.54) is 31.0 Å². The van der Waals surface area contributed by atoms with Gasteiger partial charge in [-0.2, -0.15) is 0 Å². The number of fused-ring (bicyclic) bond motifs is 3. The van der Waals surface area contributed by atoms with Gasteiger partial charge in [0.15, 0.2) is 22.7 Å². The maximum Gasteiger partial charge on any atom is 0.371 e. The maximum atomic E-state index is 13.0. The van der Waals surface area contributed by atoms with E-state index < -0.39 is 52.4 Å². The summed E-state index contributed by atoms with van der Waals surface area (Å²) in [5, 5.41) is 23.9. The van der Waals surface area contributed by atoms with Gasteiger partial charge < -0.3 is 30.8 Å². The number of hydrogen-bond acceptors (Lipinski definition) is 13. The van der Waals surface area contributed by atoms with Crippen molar-refractivity contribution in [3.05, 3.63) is 11.1 Å². The van der Waals surface area contributed by atoms with E-state index in [0.717, 1.165) is 23.3 Å². The summed E-state index contributed by atoms with van der Waals surface area (Å²) in [6.07, 6.45) is 0.370. The molecule has 0 spiro atoms. The fourth-order valence-corrected chi connectivity index (χ4v) is 5.79. The monoisotopic (exact) mass is 529 g/mol. The number of hydrogen-bond donors (Lipinski definition) is 4. The SMILES string of the molecule is CC(C)(C=O)O/N=C(/C(=O)NC1C(=O)N2C1CSC1CC(=O)OC12C(=O)O)c1csc(N)n1.CO. The first-order valence-corrected chi connectivity index (χ1v) is 12.0. The molecule has 4 heterocycles. The van der Waals surface area contributed by atoms with Crippen molar-refractivity contribution >= 4 is 64.0 Å². The van der Waals surface area contributed by atoms with Crippen LogP contribution in [0.4, 0.5) is 5.13 Å². The Morgan fingerprint density at radius 1 is 1.43 bits per heavy atom. The van der Waals surface area contributed by atoms with Crippen molar-refractivity contribution in [3.63, 3.8) is 0 Å². The van der Waals surface area contributed by atoms with Crippen molar-refractivity contribution in [1.82, 2.24) is 15.2 Å². The molecule has 1 aromatic heterocycles. The molecule has 35 heavy (non-hydrogen) atoms. The third kappa shape index (κ3) is 4.55. The molecular formula is C19H23N5O9S2. The number of aliphatic hydroxyl groups excluding tert-OH is 1. The summed E-state index contributed by atoms with van der Waals surface area (Å²) in [5.41, 5.74) is 1.97. The topological polar surface area (TPSA) is 211 Å². The zero-order valence-electron chi connectivity index (χ0n) is 18.8. The third-order valence-corrected chi connectivity index (χ3v) is 7.43. The Labute approximate surface area is 206 Å². The average Bonchev–Trinajstić information content (AvgIpc) is 3.40. The van der Waals surface area contributed by atoms with Crippen LogP contribution in [0.25, 0.3) is 0 Å². The predicted octanol–water partition coefficient (Wildman–Crippen LogP) is -1.43. The molecule has 2 amide bonds. The number of aldehydes is 1. The molecule has 16 heteroatoms. The highest BCUT2D eigenvalue weighted by Gasteiger charge is 2.71. The third-order valence-electron chi connectivity index (χ3n) is 5.33. The van der Waals surface area contributed by atoms with Crippen LogP contribution in [0.5, 0.6) is 0 Å². The number of nitrogens with one attached hydrogen (secondary N) is 1. The van der Waals surface area contributed by atoms with Gasteiger partial charge in [-0.1, -0.05) is 5.16 Å². The van der Waals surface area contributed by atoms with E-state index in [2.05, 4.69) is 15.5 Å². The number of carboxylic acids is 1. The van der Waals surface area contributed by atoms with E-state index >= 15 is 0 Å². The Morgan fingerprint density at radius 3 is 2.69 bits per heavy atom. The molecule has 4 unspecified atom stereocenters. The van der Waals surface area contributed by atoms with Crippen molar-refractivity contribution in [2.45, 2.75) is 48.9 Å². The number of carboxylic acid groups (broad SMARTS) is 1. The van der Waals surface area contributed by atoms with Crippen LogP contribution in [0, 0.1) is 0 Å². The van der Waals surface area contributed by atoms with E-state index in [9.17, 15) is 29.1 Å². The van der Waals surface area contributed by atoms with E-state index in [1.807, 2.05) is 0 Å². The number of carbonyl (C=O) groups excluding carboxylic acids is 4. The zero-order valence-corrected chi connectivity index (χ0v) is 20.4. The number of anilines is 1. The molecule has 0 aromatic carbocycles. The van der Waals surface area contributed by atoms with Gasteiger partial charge in [-0.15, -0.1) is 23.1 Å². The van der Waals surface area contributed by atoms with Gasteiger partial charge in [0, 0.05) is 18.2 Å². The molecule has 0 saturated carbocycles. The van der Waals surface area contributed by atoms with Crippen LogP contribution in [-0.2, 0) is 33.5 Å². The lowest BCUT2D eigenvalue weighted by atomic mass is 9.89. The fraction of sp³-hybridized carbons (Fsp3) is 0.526. The molecule has 3 fully saturated rings. The number of esters is 1. The van der Waals surface area contributed by atoms with Crippen LogP contribution in [0.2, 0.25) is 0 Å². The van der Waals surface area contributed by atoms with E-state index in [4.69, 9.17) is 20.4 Å². The summed E-state index contributed by atoms with van der Waals surface area (Å²) in [7, 11) is 1.00. The number of oxime groups is 1. The number of ether oxygens (including phenoxy) is 1. The van der Waals surface area contributed by atoms with Crippen LogP contribution in [-0.4, -0.2) is 97.4 Å². The van der Waals surface area contributed by atoms with Gasteiger partial charge in [-0.25, -0.2) is 9.78 Å². The number of rotatable bonds is 7. The number of nitrogens with two attached hydrogens (primary N) is 1. The Bertz CT molecular complexity index is 1090. The number of aromatic nitrogens is 1. The first kappa shape index (κ1) is 26.4. The summed E-state index contributed by atoms with van der Waals surface area (Å²) < 4.78 is 5.11. The van der Waals surface area contributed by atoms with Gasteiger partial charge in [0.1, 0.15) is 11.7 Å². The molecule has 3 saturated heterocycles. The normalized spacial score (nSPS) is 27.4. The summed E-state index contributed by atoms with van der Waals surface area (Å²) in [5.74, 6) is -3.40. The molecule has 4 atom stereocenters. The second-order valence-corrected chi connectivity index (χ2v) is 10.2. The standard InChI is InChI=1S/C18H19N5O8S2.CH4O/c1-17(2,6-24)31-22-11(7-4-33-16(19)20-7)13(26)21-12-8-5-32-9-3-10(25)30-18(9,15(28)29)23(8)14(12)27;1-2/h4,6,8-9,12H,3,5H2,1-2H3,(H2,19,20)(H,21,26)(H,28,29);2H,1H3/b22-11+;. The molecule has 3 aliphatic rings. The lowest BCUT2D eigenvalue weighted by Gasteiger charge is -2.56. The van der Waals surface area contributed by atoms with Gasteiger partial charge in [-0.3, -0.25) is 24.1 Å². The number of β-lactam (4-membered cyclic amide) rings is 1. The summed E-state index contributed by atoms with van der Waals surface area (Å²) in [6.45, 7) is 2.87. The fourth-order valence-electron chi connectivity index (χ4n) is 3.72. The summed E-state index contributed by atoms with van der Waals surface area (Å²) >= 11 is 2.24. The highest BCUT2D eigenvalue weighted by molar-refractivity contribution is 8.00. The van der Waals surface area contributed by atoms with Gasteiger partial charge >= 0.3 is 11.9 Å². The van der Waals surface area contributed by atoms with Crippen molar-refractivity contribution in [2.75, 3.05) is 18.6 Å². The van der Waals surface area contributed by atoms with Crippen LogP contribution in [0.1, 0.15) is 26.0 Å². The molecule has 190 valence electrons. The number of aliphatic carboxylic acids is 1. The van der Waals surface area contributed by atoms with Crippen LogP contribution in [0.15, 0.2) is 10.5 Å². The highest BCUT2D eigenvalue weighted by Crippen LogP contribution is 2.49. The quantitative estimate of drug-likeness (QED) is 0.105. The molecule has 0 bridgehead atoms. The Kier molecular flexibility index (Phi) is 7.37. The number of nitrogen functional groups attached to an aromatic ring is 1. The minimum atomic E-state index is -2.10. The predicted molar refractivity (Wildman–Crippen MR) is 122 cm³/mol. The lowest BCUT2D eigenvalue weighted by molar-refractivity contribution is -0.213. The Morgan fingerprint density at radius 2 is 2.11 bits per heavy atom. The Hall–Kier alpha value is -3.24. The minimum Gasteiger partial charge on any atom is -0.477 e. The number of thiazole rings is 1. The van der Waals surface area contributed by atoms with Crippen LogP contribution < -0.4 is 11.1 Å². The van der Waals surface area contributed by atoms with Gasteiger partial charge in [0.05, 0.1) is 17.7 Å². The number of carbonyl (C=O) groups is 5. The summed E-state index contributed by atoms with van der Waals surface area (Å²) in [4.78, 5) is 71.0. The number of aliphatic hydroxyl groups is 1. The molecule has 5 N–H and O–H groups in total. The number of amides is 2. The van der Waals surface area contributed by atoms with Crippen molar-refractivity contribution in [1.29, 1.82) is 0 Å². The van der Waals surface area contributed by atoms with E-state index in [-0.39, 0.29) is 28.7 Å². The molecule has 0 radical (unpaired) electrons. The van der Waals surface area contributed by atoms with Gasteiger partial charge in [0.2, 0.25) is 0 Å².